The molecule has 0 unspecified atom stereocenters. The molecule has 2 nitrogen and oxygen atoms in total. The largest absolute Gasteiger partial charge is 0.488 e. The number of furan rings is 1. The second-order valence-corrected chi connectivity index (χ2v) is 4.10. The fraction of sp³-hybridized carbons (Fsp3) is 0.286. The van der Waals surface area contributed by atoms with E-state index in [1.807, 2.05) is 30.5 Å². The minimum Gasteiger partial charge on any atom is -0.488 e. The molecule has 0 N–H and O–H groups in total. The molecule has 16 heavy (non-hydrogen) atoms. The van der Waals surface area contributed by atoms with Gasteiger partial charge in [0.25, 0.3) is 0 Å². The Hall–Kier alpha value is -1.70. The first kappa shape index (κ1) is 9.52. The van der Waals surface area contributed by atoms with Crippen LogP contribution < -0.4 is 4.74 Å². The average Bonchev–Trinajstić information content (AvgIpc) is 2.73. The summed E-state index contributed by atoms with van der Waals surface area (Å²) >= 11 is 0. The second-order valence-electron chi connectivity index (χ2n) is 4.10. The highest BCUT2D eigenvalue weighted by atomic mass is 16.5. The van der Waals surface area contributed by atoms with Crippen LogP contribution in [0.25, 0.3) is 11.3 Å². The fourth-order valence-electron chi connectivity index (χ4n) is 2.21. The normalized spacial score (nSPS) is 12.8. The van der Waals surface area contributed by atoms with Gasteiger partial charge in [-0.15, -0.1) is 0 Å². The van der Waals surface area contributed by atoms with Crippen LogP contribution in [-0.4, -0.2) is 0 Å². The summed E-state index contributed by atoms with van der Waals surface area (Å²) in [4.78, 5) is 0. The van der Waals surface area contributed by atoms with Gasteiger partial charge in [0.05, 0.1) is 11.8 Å². The number of ether oxygens (including phenoxy) is 1. The molecule has 0 saturated carbocycles. The van der Waals surface area contributed by atoms with Gasteiger partial charge in [0.15, 0.2) is 0 Å². The molecule has 3 rings (SSSR count). The summed E-state index contributed by atoms with van der Waals surface area (Å²) in [5.41, 5.74) is 3.58. The molecule has 0 amide bonds. The van der Waals surface area contributed by atoms with Crippen LogP contribution >= 0.6 is 0 Å². The van der Waals surface area contributed by atoms with E-state index >= 15 is 0 Å². The zero-order valence-electron chi connectivity index (χ0n) is 9.32. The van der Waals surface area contributed by atoms with Crippen LogP contribution in [0.2, 0.25) is 0 Å². The Morgan fingerprint density at radius 2 is 2.12 bits per heavy atom. The van der Waals surface area contributed by atoms with E-state index in [0.717, 1.165) is 29.9 Å². The second kappa shape index (κ2) is 3.71. The smallest absolute Gasteiger partial charge is 0.144 e. The predicted octanol–water partition coefficient (Wildman–Crippen LogP) is 3.79. The molecule has 0 saturated heterocycles. The molecule has 1 aliphatic heterocycles. The van der Waals surface area contributed by atoms with Gasteiger partial charge in [-0.2, -0.15) is 0 Å². The molecular formula is C14H14O2. The fourth-order valence-corrected chi connectivity index (χ4v) is 2.21. The van der Waals surface area contributed by atoms with Crippen LogP contribution in [0.4, 0.5) is 0 Å². The lowest BCUT2D eigenvalue weighted by molar-refractivity contribution is 0.298. The topological polar surface area (TPSA) is 22.4 Å². The zero-order chi connectivity index (χ0) is 11.0. The van der Waals surface area contributed by atoms with Gasteiger partial charge in [0, 0.05) is 5.56 Å². The summed E-state index contributed by atoms with van der Waals surface area (Å²) in [6.07, 6.45) is 4.07. The van der Waals surface area contributed by atoms with E-state index in [1.165, 1.54) is 11.1 Å². The molecule has 0 fully saturated rings. The maximum atomic E-state index is 5.74. The van der Waals surface area contributed by atoms with Crippen LogP contribution in [-0.2, 0) is 13.0 Å². The van der Waals surface area contributed by atoms with E-state index < -0.39 is 0 Å². The lowest BCUT2D eigenvalue weighted by Crippen LogP contribution is -2.05. The van der Waals surface area contributed by atoms with Crippen LogP contribution in [0, 0.1) is 0 Å². The average molecular weight is 214 g/mol. The van der Waals surface area contributed by atoms with Gasteiger partial charge in [0.2, 0.25) is 0 Å². The molecule has 82 valence electrons. The van der Waals surface area contributed by atoms with Crippen molar-refractivity contribution in [3.05, 3.63) is 41.7 Å². The van der Waals surface area contributed by atoms with Gasteiger partial charge >= 0.3 is 0 Å². The zero-order valence-corrected chi connectivity index (χ0v) is 9.32. The maximum absolute atomic E-state index is 5.74. The quantitative estimate of drug-likeness (QED) is 0.758. The minimum absolute atomic E-state index is 0.637. The van der Waals surface area contributed by atoms with Gasteiger partial charge in [-0.1, -0.05) is 25.5 Å². The molecule has 2 heteroatoms. The molecule has 0 spiro atoms. The highest BCUT2D eigenvalue weighted by Gasteiger charge is 2.22. The van der Waals surface area contributed by atoms with E-state index in [0.29, 0.717) is 6.61 Å². The molecule has 0 atom stereocenters. The van der Waals surface area contributed by atoms with Crippen molar-refractivity contribution in [2.45, 2.75) is 26.4 Å². The van der Waals surface area contributed by atoms with Gasteiger partial charge in [-0.25, -0.2) is 0 Å². The Kier molecular flexibility index (Phi) is 2.21. The van der Waals surface area contributed by atoms with Crippen molar-refractivity contribution in [1.82, 2.24) is 0 Å². The standard InChI is InChI=1S/C14H14O2/c1-2-5-10-8-16-14-11-6-3-4-7-13(11)15-9-12(10)14/h3-4,6-8H,2,5,9H2,1H3. The Labute approximate surface area is 94.9 Å². The van der Waals surface area contributed by atoms with Crippen molar-refractivity contribution < 1.29 is 9.15 Å². The van der Waals surface area contributed by atoms with Crippen LogP contribution in [0.5, 0.6) is 5.75 Å². The monoisotopic (exact) mass is 214 g/mol. The Morgan fingerprint density at radius 3 is 3.00 bits per heavy atom. The third-order valence-corrected chi connectivity index (χ3v) is 3.00. The molecule has 0 aliphatic carbocycles. The van der Waals surface area contributed by atoms with Gasteiger partial charge < -0.3 is 9.15 Å². The molecule has 0 radical (unpaired) electrons. The summed E-state index contributed by atoms with van der Waals surface area (Å²) in [6, 6.07) is 8.03. The first-order valence-corrected chi connectivity index (χ1v) is 5.71. The van der Waals surface area contributed by atoms with E-state index in [-0.39, 0.29) is 0 Å². The predicted molar refractivity (Wildman–Crippen MR) is 62.5 cm³/mol. The number of aryl methyl sites for hydroxylation is 1. The van der Waals surface area contributed by atoms with E-state index in [2.05, 4.69) is 6.92 Å². The van der Waals surface area contributed by atoms with Crippen molar-refractivity contribution >= 4 is 0 Å². The van der Waals surface area contributed by atoms with Crippen molar-refractivity contribution in [2.75, 3.05) is 0 Å². The molecule has 1 aliphatic rings. The molecule has 1 aromatic heterocycles. The van der Waals surface area contributed by atoms with Crippen LogP contribution in [0.3, 0.4) is 0 Å². The number of rotatable bonds is 2. The Balaban J connectivity index is 2.12. The van der Waals surface area contributed by atoms with Crippen LogP contribution in [0.1, 0.15) is 24.5 Å². The minimum atomic E-state index is 0.637. The van der Waals surface area contributed by atoms with Gasteiger partial charge in [-0.05, 0) is 24.1 Å². The maximum Gasteiger partial charge on any atom is 0.144 e. The van der Waals surface area contributed by atoms with Gasteiger partial charge in [-0.3, -0.25) is 0 Å². The number of hydrogen-bond acceptors (Lipinski definition) is 2. The summed E-state index contributed by atoms with van der Waals surface area (Å²) in [5.74, 6) is 1.91. The molecule has 2 heterocycles. The third-order valence-electron chi connectivity index (χ3n) is 3.00. The SMILES string of the molecule is CCCc1coc2c1COc1ccccc1-2. The first-order chi connectivity index (χ1) is 7.90. The summed E-state index contributed by atoms with van der Waals surface area (Å²) < 4.78 is 11.4. The first-order valence-electron chi connectivity index (χ1n) is 5.71. The molecule has 2 aromatic rings. The number of hydrogen-bond donors (Lipinski definition) is 0. The van der Waals surface area contributed by atoms with E-state index in [9.17, 15) is 0 Å². The lowest BCUT2D eigenvalue weighted by atomic mass is 10.0. The van der Waals surface area contributed by atoms with Crippen molar-refractivity contribution in [2.24, 2.45) is 0 Å². The van der Waals surface area contributed by atoms with E-state index in [1.54, 1.807) is 0 Å². The summed E-state index contributed by atoms with van der Waals surface area (Å²) in [7, 11) is 0. The Morgan fingerprint density at radius 1 is 1.25 bits per heavy atom. The van der Waals surface area contributed by atoms with Crippen molar-refractivity contribution in [3.63, 3.8) is 0 Å². The molecular weight excluding hydrogens is 200 g/mol. The lowest BCUT2D eigenvalue weighted by Gasteiger charge is -2.17. The summed E-state index contributed by atoms with van der Waals surface area (Å²) in [6.45, 7) is 2.81. The summed E-state index contributed by atoms with van der Waals surface area (Å²) in [5, 5.41) is 0. The molecule has 0 bridgehead atoms. The number of benzene rings is 1. The number of para-hydroxylation sites is 1. The highest BCUT2D eigenvalue weighted by Crippen LogP contribution is 2.39. The molecule has 1 aromatic carbocycles. The van der Waals surface area contributed by atoms with E-state index in [4.69, 9.17) is 9.15 Å². The third kappa shape index (κ3) is 1.33. The highest BCUT2D eigenvalue weighted by molar-refractivity contribution is 5.71. The number of fused-ring (bicyclic) bond motifs is 3. The van der Waals surface area contributed by atoms with Crippen LogP contribution in [0.15, 0.2) is 34.9 Å². The van der Waals surface area contributed by atoms with Crippen molar-refractivity contribution in [3.8, 4) is 17.1 Å². The Bertz CT molecular complexity index is 511. The van der Waals surface area contributed by atoms with Gasteiger partial charge in [0.1, 0.15) is 18.1 Å². The van der Waals surface area contributed by atoms with Crippen molar-refractivity contribution in [1.29, 1.82) is 0 Å².